The Balaban J connectivity index is 1.43. The van der Waals surface area contributed by atoms with Gasteiger partial charge < -0.3 is 20.1 Å². The molecule has 2 aliphatic heterocycles. The molecule has 1 aromatic carbocycles. The van der Waals surface area contributed by atoms with Crippen LogP contribution in [-0.4, -0.2) is 57.7 Å². The first-order valence-electron chi connectivity index (χ1n) is 10.2. The predicted octanol–water partition coefficient (Wildman–Crippen LogP) is 1.71. The van der Waals surface area contributed by atoms with Crippen LogP contribution in [0.1, 0.15) is 41.2 Å². The zero-order valence-corrected chi connectivity index (χ0v) is 16.1. The Morgan fingerprint density at radius 1 is 1.10 bits per heavy atom. The topological polar surface area (TPSA) is 85.5 Å². The van der Waals surface area contributed by atoms with Crippen LogP contribution >= 0.6 is 0 Å². The standard InChI is InChI=1S/C22H24N4O3/c27-19-13-25(22(29)15-8-9-23-11-15)12-17-10-18(21(28)24-16-6-7-16)20(26(17)19)14-4-2-1-3-5-14/h1-5,8-9,11,16-18,20,23H,6-7,10,12-13H2,(H,24,28)/t17-,18-,20-/m0/s1. The lowest BCUT2D eigenvalue weighted by Crippen LogP contribution is -2.55. The van der Waals surface area contributed by atoms with Crippen molar-refractivity contribution in [3.63, 3.8) is 0 Å². The highest BCUT2D eigenvalue weighted by Gasteiger charge is 2.51. The van der Waals surface area contributed by atoms with Gasteiger partial charge in [-0.1, -0.05) is 30.3 Å². The van der Waals surface area contributed by atoms with Crippen LogP contribution in [0.2, 0.25) is 0 Å². The van der Waals surface area contributed by atoms with E-state index in [1.807, 2.05) is 35.2 Å². The molecule has 3 amide bonds. The van der Waals surface area contributed by atoms with E-state index in [2.05, 4.69) is 10.3 Å². The molecule has 1 aliphatic carbocycles. The van der Waals surface area contributed by atoms with Gasteiger partial charge in [-0.15, -0.1) is 0 Å². The summed E-state index contributed by atoms with van der Waals surface area (Å²) in [5.74, 6) is -0.525. The molecule has 1 saturated carbocycles. The summed E-state index contributed by atoms with van der Waals surface area (Å²) < 4.78 is 0. The second kappa shape index (κ2) is 7.06. The van der Waals surface area contributed by atoms with Gasteiger partial charge in [0.25, 0.3) is 5.91 Å². The third kappa shape index (κ3) is 3.30. The summed E-state index contributed by atoms with van der Waals surface area (Å²) in [6.45, 7) is 0.493. The number of hydrogen-bond acceptors (Lipinski definition) is 3. The van der Waals surface area contributed by atoms with Crippen molar-refractivity contribution in [3.05, 3.63) is 59.9 Å². The van der Waals surface area contributed by atoms with Crippen molar-refractivity contribution in [3.8, 4) is 0 Å². The summed E-state index contributed by atoms with van der Waals surface area (Å²) in [5.41, 5.74) is 1.52. The highest BCUT2D eigenvalue weighted by molar-refractivity contribution is 5.97. The van der Waals surface area contributed by atoms with E-state index >= 15 is 0 Å². The molecule has 5 rings (SSSR count). The lowest BCUT2D eigenvalue weighted by atomic mass is 9.92. The fourth-order valence-electron chi connectivity index (χ4n) is 4.67. The van der Waals surface area contributed by atoms with E-state index in [0.717, 1.165) is 18.4 Å². The Labute approximate surface area is 169 Å². The molecule has 2 saturated heterocycles. The van der Waals surface area contributed by atoms with E-state index in [1.54, 1.807) is 23.4 Å². The molecule has 7 nitrogen and oxygen atoms in total. The van der Waals surface area contributed by atoms with Gasteiger partial charge in [-0.05, 0) is 30.9 Å². The third-order valence-electron chi connectivity index (χ3n) is 6.18. The first-order valence-corrected chi connectivity index (χ1v) is 10.2. The third-order valence-corrected chi connectivity index (χ3v) is 6.18. The van der Waals surface area contributed by atoms with Gasteiger partial charge in [0, 0.05) is 25.0 Å². The van der Waals surface area contributed by atoms with Crippen molar-refractivity contribution in [2.75, 3.05) is 13.1 Å². The normalized spacial score (nSPS) is 26.3. The van der Waals surface area contributed by atoms with Crippen molar-refractivity contribution in [2.24, 2.45) is 5.92 Å². The summed E-state index contributed by atoms with van der Waals surface area (Å²) in [7, 11) is 0. The van der Waals surface area contributed by atoms with E-state index in [-0.39, 0.29) is 48.3 Å². The molecular weight excluding hydrogens is 368 g/mol. The highest BCUT2D eigenvalue weighted by Crippen LogP contribution is 2.43. The number of aromatic nitrogens is 1. The molecular formula is C22H24N4O3. The number of nitrogens with zero attached hydrogens (tertiary/aromatic N) is 2. The lowest BCUT2D eigenvalue weighted by molar-refractivity contribution is -0.139. The van der Waals surface area contributed by atoms with Crippen molar-refractivity contribution < 1.29 is 14.4 Å². The molecule has 7 heteroatoms. The average Bonchev–Trinajstić information content (AvgIpc) is 3.22. The molecule has 3 atom stereocenters. The maximum atomic E-state index is 13.1. The van der Waals surface area contributed by atoms with Crippen LogP contribution < -0.4 is 5.32 Å². The van der Waals surface area contributed by atoms with Gasteiger partial charge in [0.2, 0.25) is 11.8 Å². The number of rotatable bonds is 4. The Morgan fingerprint density at radius 3 is 2.59 bits per heavy atom. The highest BCUT2D eigenvalue weighted by atomic mass is 16.2. The Kier molecular flexibility index (Phi) is 4.38. The number of aromatic amines is 1. The van der Waals surface area contributed by atoms with Crippen molar-refractivity contribution >= 4 is 17.7 Å². The fourth-order valence-corrected chi connectivity index (χ4v) is 4.67. The SMILES string of the molecule is O=C(NC1CC1)[C@H]1C[C@H]2CN(C(=O)c3cc[nH]c3)CC(=O)N2[C@H]1c1ccccc1. The van der Waals surface area contributed by atoms with E-state index in [0.29, 0.717) is 18.5 Å². The van der Waals surface area contributed by atoms with Crippen LogP contribution in [0.5, 0.6) is 0 Å². The monoisotopic (exact) mass is 392 g/mol. The lowest BCUT2D eigenvalue weighted by Gasteiger charge is -2.40. The molecule has 1 aromatic heterocycles. The number of amides is 3. The Bertz CT molecular complexity index is 923. The molecule has 0 radical (unpaired) electrons. The minimum absolute atomic E-state index is 0.0204. The number of hydrogen-bond donors (Lipinski definition) is 2. The maximum Gasteiger partial charge on any atom is 0.255 e. The molecule has 0 bridgehead atoms. The first kappa shape index (κ1) is 18.0. The zero-order chi connectivity index (χ0) is 20.0. The van der Waals surface area contributed by atoms with Crippen LogP contribution in [0.15, 0.2) is 48.8 Å². The molecule has 150 valence electrons. The fraction of sp³-hybridized carbons (Fsp3) is 0.409. The number of nitrogens with one attached hydrogen (secondary N) is 2. The second-order valence-corrected chi connectivity index (χ2v) is 8.22. The molecule has 3 fully saturated rings. The summed E-state index contributed by atoms with van der Waals surface area (Å²) in [5, 5.41) is 3.11. The van der Waals surface area contributed by atoms with E-state index in [1.165, 1.54) is 0 Å². The predicted molar refractivity (Wildman–Crippen MR) is 106 cm³/mol. The number of carbonyl (C=O) groups is 3. The summed E-state index contributed by atoms with van der Waals surface area (Å²) >= 11 is 0. The van der Waals surface area contributed by atoms with Crippen molar-refractivity contribution in [2.45, 2.75) is 37.4 Å². The average molecular weight is 392 g/mol. The van der Waals surface area contributed by atoms with E-state index in [9.17, 15) is 14.4 Å². The van der Waals surface area contributed by atoms with E-state index < -0.39 is 0 Å². The van der Waals surface area contributed by atoms with Crippen molar-refractivity contribution in [1.29, 1.82) is 0 Å². The number of piperazine rings is 1. The number of carbonyl (C=O) groups excluding carboxylic acids is 3. The van der Waals surface area contributed by atoms with Crippen LogP contribution in [0, 0.1) is 5.92 Å². The number of benzene rings is 1. The Hall–Kier alpha value is -3.09. The smallest absolute Gasteiger partial charge is 0.255 e. The van der Waals surface area contributed by atoms with Crippen LogP contribution in [-0.2, 0) is 9.59 Å². The van der Waals surface area contributed by atoms with Crippen LogP contribution in [0.3, 0.4) is 0 Å². The van der Waals surface area contributed by atoms with Gasteiger partial charge in [-0.2, -0.15) is 0 Å². The van der Waals surface area contributed by atoms with Crippen molar-refractivity contribution in [1.82, 2.24) is 20.1 Å². The molecule has 29 heavy (non-hydrogen) atoms. The Morgan fingerprint density at radius 2 is 1.90 bits per heavy atom. The van der Waals surface area contributed by atoms with Gasteiger partial charge in [-0.3, -0.25) is 14.4 Å². The van der Waals surface area contributed by atoms with E-state index in [4.69, 9.17) is 0 Å². The summed E-state index contributed by atoms with van der Waals surface area (Å²) in [6, 6.07) is 11.3. The van der Waals surface area contributed by atoms with Crippen LogP contribution in [0.4, 0.5) is 0 Å². The second-order valence-electron chi connectivity index (χ2n) is 8.22. The molecule has 3 heterocycles. The molecule has 2 N–H and O–H groups in total. The maximum absolute atomic E-state index is 13.1. The molecule has 0 spiro atoms. The zero-order valence-electron chi connectivity index (χ0n) is 16.1. The van der Waals surface area contributed by atoms with Gasteiger partial charge in [0.15, 0.2) is 0 Å². The molecule has 0 unspecified atom stereocenters. The number of H-pyrrole nitrogens is 1. The molecule has 3 aliphatic rings. The first-order chi connectivity index (χ1) is 14.1. The quantitative estimate of drug-likeness (QED) is 0.831. The minimum atomic E-state index is -0.297. The van der Waals surface area contributed by atoms with Crippen LogP contribution in [0.25, 0.3) is 0 Å². The largest absolute Gasteiger partial charge is 0.367 e. The van der Waals surface area contributed by atoms with Gasteiger partial charge in [-0.25, -0.2) is 0 Å². The van der Waals surface area contributed by atoms with Gasteiger partial charge in [0.1, 0.15) is 6.54 Å². The number of fused-ring (bicyclic) bond motifs is 1. The van der Waals surface area contributed by atoms with Gasteiger partial charge >= 0.3 is 0 Å². The minimum Gasteiger partial charge on any atom is -0.367 e. The summed E-state index contributed by atoms with van der Waals surface area (Å²) in [6.07, 6.45) is 5.97. The van der Waals surface area contributed by atoms with Gasteiger partial charge in [0.05, 0.1) is 23.6 Å². The molecule has 2 aromatic rings. The summed E-state index contributed by atoms with van der Waals surface area (Å²) in [4.78, 5) is 45.3.